The van der Waals surface area contributed by atoms with Crippen LogP contribution >= 0.6 is 0 Å². The maximum absolute atomic E-state index is 11.9. The van der Waals surface area contributed by atoms with E-state index in [4.69, 9.17) is 4.74 Å². The summed E-state index contributed by atoms with van der Waals surface area (Å²) in [6, 6.07) is 1.24. The number of carbonyl (C=O) groups excluding carboxylic acids is 1. The lowest BCUT2D eigenvalue weighted by Crippen LogP contribution is -2.58. The summed E-state index contributed by atoms with van der Waals surface area (Å²) in [5.74, 6) is 0. The number of allylic oxidation sites excluding steroid dienone is 2. The summed E-state index contributed by atoms with van der Waals surface area (Å²) in [5.41, 5.74) is 9.36. The summed E-state index contributed by atoms with van der Waals surface area (Å²) in [7, 11) is 0. The van der Waals surface area contributed by atoms with Gasteiger partial charge in [-0.15, -0.1) is 0 Å². The van der Waals surface area contributed by atoms with Gasteiger partial charge in [0.25, 0.3) is 0 Å². The van der Waals surface area contributed by atoms with E-state index in [1.165, 1.54) is 58.0 Å². The lowest BCUT2D eigenvalue weighted by atomic mass is 9.93. The maximum atomic E-state index is 11.9. The summed E-state index contributed by atoms with van der Waals surface area (Å²) in [6.45, 7) is 6.23. The number of carbonyl (C=O) groups is 1. The molecule has 2 heterocycles. The molecule has 2 unspecified atom stereocenters. The number of nitrogens with one attached hydrogen (secondary N) is 3. The van der Waals surface area contributed by atoms with E-state index in [1.54, 1.807) is 0 Å². The predicted octanol–water partition coefficient (Wildman–Crippen LogP) is 3.81. The fraction of sp³-hybridized carbons (Fsp3) is 0.783. The Labute approximate surface area is 182 Å². The van der Waals surface area contributed by atoms with Gasteiger partial charge in [-0.25, -0.2) is 15.6 Å². The Bertz CT molecular complexity index is 566. The monoisotopic (exact) mass is 419 g/mol. The van der Waals surface area contributed by atoms with Gasteiger partial charge in [-0.05, 0) is 64.3 Å². The van der Waals surface area contributed by atoms with E-state index < -0.39 is 6.09 Å². The molecule has 2 atom stereocenters. The second-order valence-corrected chi connectivity index (χ2v) is 8.91. The van der Waals surface area contributed by atoms with Crippen LogP contribution in [0.4, 0.5) is 4.79 Å². The normalized spacial score (nSPS) is 25.5. The second-order valence-electron chi connectivity index (χ2n) is 8.91. The van der Waals surface area contributed by atoms with Crippen molar-refractivity contribution < 1.29 is 9.53 Å². The van der Waals surface area contributed by atoms with E-state index in [0.717, 1.165) is 25.3 Å². The minimum Gasteiger partial charge on any atom is -0.446 e. The van der Waals surface area contributed by atoms with Crippen LogP contribution in [0.3, 0.4) is 0 Å². The number of piperidine rings is 1. The highest BCUT2D eigenvalue weighted by atomic mass is 16.6. The molecule has 7 nitrogen and oxygen atoms in total. The number of hydrazine groups is 2. The Morgan fingerprint density at radius 2 is 1.77 bits per heavy atom. The lowest BCUT2D eigenvalue weighted by Gasteiger charge is -2.41. The Hall–Kier alpha value is -1.57. The van der Waals surface area contributed by atoms with Crippen LogP contribution in [0, 0.1) is 0 Å². The van der Waals surface area contributed by atoms with Crippen LogP contribution in [-0.4, -0.2) is 53.4 Å². The van der Waals surface area contributed by atoms with Crippen LogP contribution in [0.1, 0.15) is 78.1 Å². The Morgan fingerprint density at radius 1 is 1.07 bits per heavy atom. The van der Waals surface area contributed by atoms with Gasteiger partial charge in [0.2, 0.25) is 0 Å². The number of hydrogen-bond donors (Lipinski definition) is 3. The first kappa shape index (κ1) is 23.1. The van der Waals surface area contributed by atoms with Gasteiger partial charge >= 0.3 is 6.09 Å². The summed E-state index contributed by atoms with van der Waals surface area (Å²) in [6.07, 6.45) is 20.2. The van der Waals surface area contributed by atoms with Crippen molar-refractivity contribution in [3.05, 3.63) is 24.4 Å². The third-order valence-electron chi connectivity index (χ3n) is 6.61. The van der Waals surface area contributed by atoms with E-state index in [-0.39, 0.29) is 12.3 Å². The minimum atomic E-state index is -0.445. The first-order chi connectivity index (χ1) is 14.7. The molecule has 3 aliphatic rings. The summed E-state index contributed by atoms with van der Waals surface area (Å²) in [5, 5.41) is 2.04. The number of likely N-dealkylation sites (tertiary alicyclic amines) is 1. The molecule has 0 aromatic carbocycles. The zero-order chi connectivity index (χ0) is 21.2. The molecular weight excluding hydrogens is 378 g/mol. The Morgan fingerprint density at radius 3 is 2.47 bits per heavy atom. The zero-order valence-corrected chi connectivity index (χ0v) is 18.8. The highest BCUT2D eigenvalue weighted by Gasteiger charge is 2.27. The summed E-state index contributed by atoms with van der Waals surface area (Å²) < 4.78 is 5.26. The van der Waals surface area contributed by atoms with Gasteiger partial charge in [-0.1, -0.05) is 45.1 Å². The van der Waals surface area contributed by atoms with Gasteiger partial charge in [0.05, 0.1) is 0 Å². The fourth-order valence-corrected chi connectivity index (χ4v) is 4.57. The van der Waals surface area contributed by atoms with Gasteiger partial charge in [0.1, 0.15) is 12.3 Å². The highest BCUT2D eigenvalue weighted by molar-refractivity contribution is 5.66. The third kappa shape index (κ3) is 7.29. The van der Waals surface area contributed by atoms with Crippen molar-refractivity contribution in [2.24, 2.45) is 0 Å². The molecule has 0 aromatic rings. The van der Waals surface area contributed by atoms with E-state index in [1.807, 2.05) is 43.3 Å². The Kier molecular flexibility index (Phi) is 9.49. The van der Waals surface area contributed by atoms with Gasteiger partial charge < -0.3 is 9.64 Å². The van der Waals surface area contributed by atoms with Gasteiger partial charge in [0, 0.05) is 18.3 Å². The molecule has 0 aromatic heterocycles. The molecule has 1 saturated carbocycles. The predicted molar refractivity (Wildman–Crippen MR) is 120 cm³/mol. The average molecular weight is 420 g/mol. The maximum Gasteiger partial charge on any atom is 0.421 e. The number of hydrogen-bond acceptors (Lipinski definition) is 6. The SMILES string of the molecule is CCC(C)OC(=O)NNC1C=CC=CN1NC1CCN(C2CCCCCCC2)CC1. The number of rotatable bonds is 7. The molecule has 170 valence electrons. The molecule has 0 radical (unpaired) electrons. The van der Waals surface area contributed by atoms with Crippen LogP contribution < -0.4 is 16.3 Å². The molecular formula is C23H41N5O2. The van der Waals surface area contributed by atoms with Crippen LogP contribution in [0.2, 0.25) is 0 Å². The van der Waals surface area contributed by atoms with E-state index in [0.29, 0.717) is 6.04 Å². The quantitative estimate of drug-likeness (QED) is 0.545. The second kappa shape index (κ2) is 12.3. The molecule has 2 fully saturated rings. The lowest BCUT2D eigenvalue weighted by molar-refractivity contribution is 0.0756. The first-order valence-electron chi connectivity index (χ1n) is 12.0. The molecule has 3 N–H and O–H groups in total. The number of amides is 1. The highest BCUT2D eigenvalue weighted by Crippen LogP contribution is 2.24. The van der Waals surface area contributed by atoms with Crippen LogP contribution in [0.5, 0.6) is 0 Å². The standard InChI is InChI=1S/C23H41N5O2/c1-3-19(2)30-23(29)25-24-22-13-9-10-16-28(22)26-20-14-17-27(18-15-20)21-11-7-5-4-6-8-12-21/h9-10,13,16,19-22,24,26H,3-8,11-12,14-15,17-18H2,1-2H3,(H,25,29). The molecule has 30 heavy (non-hydrogen) atoms. The molecule has 1 aliphatic carbocycles. The Balaban J connectivity index is 1.42. The number of nitrogens with zero attached hydrogens (tertiary/aromatic N) is 2. The molecule has 0 spiro atoms. The minimum absolute atomic E-state index is 0.0918. The molecule has 1 saturated heterocycles. The molecule has 7 heteroatoms. The topological polar surface area (TPSA) is 68.9 Å². The third-order valence-corrected chi connectivity index (χ3v) is 6.61. The fourth-order valence-electron chi connectivity index (χ4n) is 4.57. The van der Waals surface area contributed by atoms with E-state index in [2.05, 4.69) is 21.2 Å². The van der Waals surface area contributed by atoms with Crippen molar-refractivity contribution in [2.75, 3.05) is 13.1 Å². The van der Waals surface area contributed by atoms with Crippen molar-refractivity contribution in [3.63, 3.8) is 0 Å². The average Bonchev–Trinajstić information content (AvgIpc) is 2.73. The molecule has 3 rings (SSSR count). The van der Waals surface area contributed by atoms with Crippen molar-refractivity contribution in [1.82, 2.24) is 26.2 Å². The number of ether oxygens (including phenoxy) is 1. The van der Waals surface area contributed by atoms with Crippen molar-refractivity contribution in [3.8, 4) is 0 Å². The summed E-state index contributed by atoms with van der Waals surface area (Å²) in [4.78, 5) is 14.6. The van der Waals surface area contributed by atoms with Crippen LogP contribution in [0.25, 0.3) is 0 Å². The molecule has 2 aliphatic heterocycles. The molecule has 1 amide bonds. The zero-order valence-electron chi connectivity index (χ0n) is 18.8. The van der Waals surface area contributed by atoms with Gasteiger partial charge in [0.15, 0.2) is 0 Å². The van der Waals surface area contributed by atoms with Crippen molar-refractivity contribution >= 4 is 6.09 Å². The smallest absolute Gasteiger partial charge is 0.421 e. The van der Waals surface area contributed by atoms with E-state index >= 15 is 0 Å². The first-order valence-corrected chi connectivity index (χ1v) is 12.0. The van der Waals surface area contributed by atoms with Crippen molar-refractivity contribution in [2.45, 2.75) is 102 Å². The molecule has 0 bridgehead atoms. The van der Waals surface area contributed by atoms with Crippen LogP contribution in [-0.2, 0) is 4.74 Å². The summed E-state index contributed by atoms with van der Waals surface area (Å²) >= 11 is 0. The van der Waals surface area contributed by atoms with Gasteiger partial charge in [-0.2, -0.15) is 0 Å². The van der Waals surface area contributed by atoms with Crippen molar-refractivity contribution in [1.29, 1.82) is 0 Å². The largest absolute Gasteiger partial charge is 0.446 e. The van der Waals surface area contributed by atoms with Gasteiger partial charge in [-0.3, -0.25) is 10.4 Å². The van der Waals surface area contributed by atoms with Crippen LogP contribution in [0.15, 0.2) is 24.4 Å². The van der Waals surface area contributed by atoms with E-state index in [9.17, 15) is 4.79 Å².